The maximum absolute atomic E-state index is 17.0. The largest absolute Gasteiger partial charge is 0.461 e. The number of nitrogens with one attached hydrogen (secondary N) is 2. The van der Waals surface area contributed by atoms with E-state index in [1.54, 1.807) is 12.1 Å². The first kappa shape index (κ1) is 29.8. The number of benzene rings is 2. The quantitative estimate of drug-likeness (QED) is 0.251. The van der Waals surface area contributed by atoms with E-state index in [-0.39, 0.29) is 28.3 Å². The molecule has 7 nitrogen and oxygen atoms in total. The highest BCUT2D eigenvalue weighted by atomic mass is 19.1. The third-order valence-corrected chi connectivity index (χ3v) is 10.1. The van der Waals surface area contributed by atoms with Crippen molar-refractivity contribution in [1.82, 2.24) is 25.2 Å². The van der Waals surface area contributed by atoms with Gasteiger partial charge in [0.2, 0.25) is 0 Å². The summed E-state index contributed by atoms with van der Waals surface area (Å²) in [5.74, 6) is 2.44. The molecule has 0 amide bonds. The molecule has 0 radical (unpaired) electrons. The number of nitrogens with zero attached hydrogens (tertiary/aromatic N) is 4. The minimum atomic E-state index is -0.595. The van der Waals surface area contributed by atoms with Crippen LogP contribution in [0.2, 0.25) is 0 Å². The Bertz CT molecular complexity index is 1780. The number of hydrogen-bond acceptors (Lipinski definition) is 7. The second-order valence-corrected chi connectivity index (χ2v) is 12.8. The van der Waals surface area contributed by atoms with Crippen molar-refractivity contribution >= 4 is 27.5 Å². The summed E-state index contributed by atoms with van der Waals surface area (Å²) in [6.07, 6.45) is 13.8. The lowest BCUT2D eigenvalue weighted by Gasteiger charge is -2.31. The fourth-order valence-electron chi connectivity index (χ4n) is 7.71. The SMILES string of the molecule is C#Cc1c(F)ccc2cccc(-c3nc4c5c(nc(OCC67CCCN6CCC7)nc5c3F)NCCNC[C@H](CC)CCC4)c12. The molecule has 2 aromatic carbocycles. The van der Waals surface area contributed by atoms with Gasteiger partial charge in [0.25, 0.3) is 0 Å². The van der Waals surface area contributed by atoms with Crippen molar-refractivity contribution in [2.75, 3.05) is 44.6 Å². The molecule has 0 bridgehead atoms. The Morgan fingerprint density at radius 2 is 1.89 bits per heavy atom. The van der Waals surface area contributed by atoms with Gasteiger partial charge in [-0.2, -0.15) is 9.97 Å². The van der Waals surface area contributed by atoms with E-state index in [1.807, 2.05) is 12.1 Å². The molecule has 45 heavy (non-hydrogen) atoms. The van der Waals surface area contributed by atoms with Gasteiger partial charge in [-0.05, 0) is 82.0 Å². The zero-order valence-corrected chi connectivity index (χ0v) is 25.9. The molecule has 1 atom stereocenters. The van der Waals surface area contributed by atoms with E-state index in [0.29, 0.717) is 53.3 Å². The third-order valence-electron chi connectivity index (χ3n) is 10.1. The van der Waals surface area contributed by atoms with Crippen molar-refractivity contribution in [2.45, 2.75) is 63.8 Å². The smallest absolute Gasteiger partial charge is 0.319 e. The molecular weight excluding hydrogens is 570 g/mol. The molecule has 0 aliphatic carbocycles. The van der Waals surface area contributed by atoms with E-state index in [2.05, 4.69) is 28.4 Å². The van der Waals surface area contributed by atoms with Crippen molar-refractivity contribution in [2.24, 2.45) is 5.92 Å². The Morgan fingerprint density at radius 1 is 1.04 bits per heavy atom. The molecule has 3 aliphatic heterocycles. The minimum Gasteiger partial charge on any atom is -0.461 e. The number of aromatic nitrogens is 3. The lowest BCUT2D eigenvalue weighted by Crippen LogP contribution is -2.43. The van der Waals surface area contributed by atoms with Crippen LogP contribution in [-0.2, 0) is 6.42 Å². The van der Waals surface area contributed by atoms with Gasteiger partial charge in [-0.15, -0.1) is 6.42 Å². The van der Waals surface area contributed by atoms with Gasteiger partial charge in [0.1, 0.15) is 29.5 Å². The number of rotatable bonds is 5. The Morgan fingerprint density at radius 3 is 2.69 bits per heavy atom. The van der Waals surface area contributed by atoms with E-state index in [4.69, 9.17) is 26.1 Å². The highest BCUT2D eigenvalue weighted by Gasteiger charge is 2.45. The molecule has 234 valence electrons. The Hall–Kier alpha value is -3.87. The van der Waals surface area contributed by atoms with Crippen LogP contribution in [0.15, 0.2) is 30.3 Å². The monoisotopic (exact) mass is 610 g/mol. The number of hydrogen-bond donors (Lipinski definition) is 2. The van der Waals surface area contributed by atoms with Gasteiger partial charge < -0.3 is 15.4 Å². The van der Waals surface area contributed by atoms with Crippen molar-refractivity contribution in [3.63, 3.8) is 0 Å². The van der Waals surface area contributed by atoms with Gasteiger partial charge >= 0.3 is 6.01 Å². The third kappa shape index (κ3) is 5.49. The number of terminal acetylenes is 1. The van der Waals surface area contributed by atoms with Gasteiger partial charge in [-0.3, -0.25) is 4.90 Å². The molecule has 0 saturated carbocycles. The molecule has 4 aromatic rings. The molecule has 9 heteroatoms. The first-order valence-electron chi connectivity index (χ1n) is 16.4. The summed E-state index contributed by atoms with van der Waals surface area (Å²) in [6, 6.07) is 8.59. The fourth-order valence-corrected chi connectivity index (χ4v) is 7.71. The van der Waals surface area contributed by atoms with Crippen LogP contribution < -0.4 is 15.4 Å². The van der Waals surface area contributed by atoms with Crippen LogP contribution in [0.5, 0.6) is 6.01 Å². The average Bonchev–Trinajstić information content (AvgIpc) is 3.63. The van der Waals surface area contributed by atoms with Gasteiger partial charge in [-0.25, -0.2) is 13.8 Å². The maximum Gasteiger partial charge on any atom is 0.319 e. The van der Waals surface area contributed by atoms with Crippen molar-refractivity contribution in [3.8, 4) is 29.6 Å². The standard InChI is InChI=1S/C36H40F2N6O/c1-3-23-9-5-12-28-30-33(31(38)32(41-28)26-11-6-10-24-13-14-27(37)25(4-2)29(24)26)42-35(43-34(30)40-18-17-39-21-23)45-22-36-15-7-19-44(36)20-8-16-36/h2,6,10-11,13-14,23,39H,3,5,7-9,12,15-22H2,1H3,(H,40,42,43)/t23-/m1/s1. The Balaban J connectivity index is 1.40. The van der Waals surface area contributed by atoms with Crippen molar-refractivity contribution in [3.05, 3.63) is 53.2 Å². The van der Waals surface area contributed by atoms with Gasteiger partial charge in [-0.1, -0.05) is 43.5 Å². The molecular formula is C36H40F2N6O. The lowest BCUT2D eigenvalue weighted by atomic mass is 9.94. The van der Waals surface area contributed by atoms with E-state index in [0.717, 1.165) is 76.5 Å². The Kier molecular flexibility index (Phi) is 8.28. The highest BCUT2D eigenvalue weighted by Crippen LogP contribution is 2.40. The molecule has 0 spiro atoms. The summed E-state index contributed by atoms with van der Waals surface area (Å²) in [5.41, 5.74) is 1.51. The van der Waals surface area contributed by atoms with Gasteiger partial charge in [0.15, 0.2) is 5.82 Å². The number of ether oxygens (including phenoxy) is 1. The first-order valence-corrected chi connectivity index (χ1v) is 16.4. The summed E-state index contributed by atoms with van der Waals surface area (Å²) < 4.78 is 38.2. The number of halogens is 2. The first-order chi connectivity index (χ1) is 22.0. The van der Waals surface area contributed by atoms with Crippen LogP contribution in [0, 0.1) is 29.9 Å². The minimum absolute atomic E-state index is 0.00555. The van der Waals surface area contributed by atoms with Gasteiger partial charge in [0, 0.05) is 24.0 Å². The maximum atomic E-state index is 17.0. The number of anilines is 1. The second kappa shape index (κ2) is 12.5. The number of pyridine rings is 1. The zero-order chi connectivity index (χ0) is 31.0. The summed E-state index contributed by atoms with van der Waals surface area (Å²) in [4.78, 5) is 17.0. The average molecular weight is 611 g/mol. The van der Waals surface area contributed by atoms with Crippen LogP contribution >= 0.6 is 0 Å². The number of aryl methyl sites for hydroxylation is 1. The Labute approximate surface area is 263 Å². The van der Waals surface area contributed by atoms with Crippen LogP contribution in [0.1, 0.15) is 63.1 Å². The van der Waals surface area contributed by atoms with E-state index in [1.165, 1.54) is 6.07 Å². The molecule has 2 saturated heterocycles. The molecule has 2 N–H and O–H groups in total. The van der Waals surface area contributed by atoms with Gasteiger partial charge in [0.05, 0.1) is 22.2 Å². The normalized spacial score (nSPS) is 20.3. The van der Waals surface area contributed by atoms with Crippen LogP contribution in [-0.4, -0.2) is 64.7 Å². The second-order valence-electron chi connectivity index (χ2n) is 12.8. The zero-order valence-electron chi connectivity index (χ0n) is 25.9. The summed E-state index contributed by atoms with van der Waals surface area (Å²) >= 11 is 0. The lowest BCUT2D eigenvalue weighted by molar-refractivity contribution is 0.108. The van der Waals surface area contributed by atoms with E-state index >= 15 is 4.39 Å². The molecule has 7 rings (SSSR count). The van der Waals surface area contributed by atoms with Crippen molar-refractivity contribution in [1.29, 1.82) is 0 Å². The summed E-state index contributed by atoms with van der Waals surface area (Å²) in [5, 5.41) is 8.76. The van der Waals surface area contributed by atoms with Crippen LogP contribution in [0.25, 0.3) is 32.9 Å². The van der Waals surface area contributed by atoms with E-state index < -0.39 is 11.6 Å². The van der Waals surface area contributed by atoms with E-state index in [9.17, 15) is 4.39 Å². The predicted octanol–water partition coefficient (Wildman–Crippen LogP) is 6.48. The molecule has 0 unspecified atom stereocenters. The molecule has 2 fully saturated rings. The summed E-state index contributed by atoms with van der Waals surface area (Å²) in [6.45, 7) is 7.14. The topological polar surface area (TPSA) is 75.2 Å². The summed E-state index contributed by atoms with van der Waals surface area (Å²) in [7, 11) is 0. The molecule has 2 aromatic heterocycles. The fraction of sp³-hybridized carbons (Fsp3) is 0.472. The van der Waals surface area contributed by atoms with Crippen LogP contribution in [0.3, 0.4) is 0 Å². The highest BCUT2D eigenvalue weighted by molar-refractivity contribution is 6.02. The van der Waals surface area contributed by atoms with Crippen LogP contribution in [0.4, 0.5) is 14.6 Å². The molecule has 5 heterocycles. The number of fused-ring (bicyclic) bond motifs is 2. The molecule has 3 aliphatic rings. The van der Waals surface area contributed by atoms with Crippen molar-refractivity contribution < 1.29 is 13.5 Å². The predicted molar refractivity (Wildman–Crippen MR) is 174 cm³/mol.